The molecule has 3 fully saturated rings. The number of rotatable bonds is 29. The number of aliphatic hydroxyl groups is 2. The number of nitrogens with zero attached hydrogens (tertiary/aromatic N) is 3. The minimum absolute atomic E-state index is 0.0122. The fourth-order valence-electron chi connectivity index (χ4n) is 10.2. The van der Waals surface area contributed by atoms with Gasteiger partial charge in [0, 0.05) is 48.9 Å². The zero-order valence-electron chi connectivity index (χ0n) is 45.4. The minimum atomic E-state index is -1.73. The maximum absolute atomic E-state index is 14.3. The number of carboxylic acid groups (broad SMARTS) is 2. The van der Waals surface area contributed by atoms with Crippen LogP contribution in [-0.4, -0.2) is 216 Å². The molecule has 80 heavy (non-hydrogen) atoms. The van der Waals surface area contributed by atoms with Crippen molar-refractivity contribution in [2.75, 3.05) is 44.0 Å². The van der Waals surface area contributed by atoms with E-state index in [4.69, 9.17) is 5.73 Å². The Morgan fingerprint density at radius 1 is 0.688 bits per heavy atom. The van der Waals surface area contributed by atoms with Gasteiger partial charge in [0.05, 0.1) is 18.8 Å². The Bertz CT molecular complexity index is 2570. The van der Waals surface area contributed by atoms with Gasteiger partial charge in [0.25, 0.3) is 0 Å². The summed E-state index contributed by atoms with van der Waals surface area (Å²) in [7, 11) is 0. The second-order valence-corrected chi connectivity index (χ2v) is 22.2. The lowest BCUT2D eigenvalue weighted by Gasteiger charge is -2.33. The van der Waals surface area contributed by atoms with Crippen molar-refractivity contribution in [3.8, 4) is 0 Å². The van der Waals surface area contributed by atoms with Crippen molar-refractivity contribution in [3.63, 3.8) is 0 Å². The number of nitrogens with two attached hydrogens (primary N) is 1. The zero-order valence-corrected chi connectivity index (χ0v) is 47.1. The molecule has 0 saturated carbocycles. The summed E-state index contributed by atoms with van der Waals surface area (Å²) < 4.78 is 0. The number of hydrogen-bond donors (Lipinski definition) is 13. The monoisotopic (exact) mass is 1160 g/mol. The molecule has 0 spiro atoms. The molecule has 11 atom stereocenters. The number of H-pyrrole nitrogens is 1. The van der Waals surface area contributed by atoms with Crippen molar-refractivity contribution >= 4 is 100 Å². The molecule has 3 aliphatic rings. The highest BCUT2D eigenvalue weighted by atomic mass is 32.2. The van der Waals surface area contributed by atoms with E-state index in [0.29, 0.717) is 18.6 Å². The Morgan fingerprint density at radius 2 is 1.20 bits per heavy atom. The Kier molecular flexibility index (Phi) is 24.4. The normalized spacial score (nSPS) is 20.2. The highest BCUT2D eigenvalue weighted by Gasteiger charge is 2.45. The zero-order chi connectivity index (χ0) is 59.0. The van der Waals surface area contributed by atoms with Crippen LogP contribution in [0.1, 0.15) is 90.5 Å². The summed E-state index contributed by atoms with van der Waals surface area (Å²) in [6.45, 7) is 3.95. The second-order valence-electron chi connectivity index (χ2n) is 20.8. The Morgan fingerprint density at radius 3 is 1.71 bits per heavy atom. The molecule has 3 saturated heterocycles. The van der Waals surface area contributed by atoms with Crippen LogP contribution >= 0.6 is 24.4 Å². The van der Waals surface area contributed by atoms with Crippen molar-refractivity contribution in [2.45, 2.75) is 158 Å². The maximum Gasteiger partial charge on any atom is 0.326 e. The first-order valence-corrected chi connectivity index (χ1v) is 28.9. The topological polar surface area (TPSA) is 392 Å². The van der Waals surface area contributed by atoms with Crippen LogP contribution in [0.5, 0.6) is 0 Å². The van der Waals surface area contributed by atoms with E-state index in [-0.39, 0.29) is 76.3 Å². The first-order valence-electron chi connectivity index (χ1n) is 26.9. The van der Waals surface area contributed by atoms with Gasteiger partial charge in [-0.3, -0.25) is 47.9 Å². The number of carbonyl (C=O) groups is 11. The molecule has 2 aromatic rings. The number of benzene rings is 1. The van der Waals surface area contributed by atoms with Gasteiger partial charge in [0.1, 0.15) is 54.4 Å². The first kappa shape index (κ1) is 64.3. The molecule has 4 heterocycles. The number of thiol groups is 1. The van der Waals surface area contributed by atoms with Gasteiger partial charge < -0.3 is 77.7 Å². The fraction of sp³-hybridized carbons (Fsp3) is 0.635. The lowest BCUT2D eigenvalue weighted by molar-refractivity contribution is -0.146. The predicted octanol–water partition coefficient (Wildman–Crippen LogP) is -2.03. The third-order valence-corrected chi connectivity index (χ3v) is 15.5. The van der Waals surface area contributed by atoms with Crippen LogP contribution < -0.4 is 37.6 Å². The molecule has 0 aliphatic carbocycles. The average molecular weight is 1160 g/mol. The van der Waals surface area contributed by atoms with Gasteiger partial charge in [0.2, 0.25) is 53.2 Å². The van der Waals surface area contributed by atoms with E-state index < -0.39 is 151 Å². The number of carbonyl (C=O) groups excluding carboxylic acids is 9. The Balaban J connectivity index is 1.22. The van der Waals surface area contributed by atoms with Gasteiger partial charge in [-0.2, -0.15) is 24.4 Å². The number of amides is 9. The maximum atomic E-state index is 14.3. The molecular weight excluding hydrogens is 1080 g/mol. The van der Waals surface area contributed by atoms with E-state index in [1.807, 2.05) is 24.3 Å². The Hall–Kier alpha value is -6.49. The van der Waals surface area contributed by atoms with E-state index in [2.05, 4.69) is 49.5 Å². The van der Waals surface area contributed by atoms with Crippen molar-refractivity contribution in [1.29, 1.82) is 0 Å². The van der Waals surface area contributed by atoms with Gasteiger partial charge in [-0.1, -0.05) is 32.0 Å². The summed E-state index contributed by atoms with van der Waals surface area (Å²) in [5.41, 5.74) is 7.93. The first-order chi connectivity index (χ1) is 38.0. The number of thioether (sulfide) groups is 1. The molecule has 442 valence electrons. The van der Waals surface area contributed by atoms with Crippen LogP contribution in [0.15, 0.2) is 30.5 Å². The summed E-state index contributed by atoms with van der Waals surface area (Å²) in [6.07, 6.45) is 2.76. The van der Waals surface area contributed by atoms with Gasteiger partial charge in [0.15, 0.2) is 0 Å². The van der Waals surface area contributed by atoms with Crippen molar-refractivity contribution in [1.82, 2.24) is 51.6 Å². The number of aliphatic carboxylic acids is 2. The SMILES string of the molecule is CSCC[C@H](NC(=O)[C@@H]1CCCN1C(=O)[C@H](CS)NC(=O)[C@@H]1CCCN1C(=O)[C@H](CCC(=O)O)NC(=O)[C@@H]1CCCN1C(=O)[C@@H](NC(=O)[C@H](CO)NC(=O)[C@H](CC(C)C)NC(=O)[C@@H](N)Cc1c[nH]c2ccccc12)[C@@H](C)O)C(=O)O. The number of aliphatic hydroxyl groups excluding tert-OH is 2. The van der Waals surface area contributed by atoms with Crippen molar-refractivity contribution < 1.29 is 73.2 Å². The number of nitrogens with one attached hydrogen (secondary N) is 7. The van der Waals surface area contributed by atoms with Crippen LogP contribution in [0.2, 0.25) is 0 Å². The smallest absolute Gasteiger partial charge is 0.326 e. The molecule has 5 rings (SSSR count). The summed E-state index contributed by atoms with van der Waals surface area (Å²) >= 11 is 5.70. The van der Waals surface area contributed by atoms with E-state index in [9.17, 15) is 73.2 Å². The van der Waals surface area contributed by atoms with Crippen LogP contribution in [0, 0.1) is 5.92 Å². The van der Waals surface area contributed by atoms with Crippen LogP contribution in [0.25, 0.3) is 10.9 Å². The second kappa shape index (κ2) is 30.4. The number of para-hydroxylation sites is 1. The largest absolute Gasteiger partial charge is 0.481 e. The van der Waals surface area contributed by atoms with E-state index in [1.165, 1.54) is 28.5 Å². The number of carboxylic acids is 2. The number of aromatic amines is 1. The molecule has 28 heteroatoms. The molecular formula is C52H77N11O15S2. The molecule has 3 aliphatic heterocycles. The number of hydrogen-bond acceptors (Lipinski definition) is 16. The van der Waals surface area contributed by atoms with Gasteiger partial charge >= 0.3 is 11.9 Å². The van der Waals surface area contributed by atoms with Crippen LogP contribution in [0.4, 0.5) is 0 Å². The highest BCUT2D eigenvalue weighted by molar-refractivity contribution is 7.98. The number of fused-ring (bicyclic) bond motifs is 1. The van der Waals surface area contributed by atoms with Gasteiger partial charge in [-0.15, -0.1) is 0 Å². The molecule has 1 aromatic heterocycles. The van der Waals surface area contributed by atoms with E-state index in [1.54, 1.807) is 26.3 Å². The molecule has 9 amide bonds. The highest BCUT2D eigenvalue weighted by Crippen LogP contribution is 2.25. The molecule has 1 aromatic carbocycles. The van der Waals surface area contributed by atoms with Gasteiger partial charge in [-0.25, -0.2) is 4.79 Å². The predicted molar refractivity (Wildman–Crippen MR) is 295 cm³/mol. The molecule has 0 radical (unpaired) electrons. The van der Waals surface area contributed by atoms with Crippen molar-refractivity contribution in [2.24, 2.45) is 11.7 Å². The Labute approximate surface area is 473 Å². The van der Waals surface area contributed by atoms with E-state index in [0.717, 1.165) is 21.4 Å². The van der Waals surface area contributed by atoms with Gasteiger partial charge in [-0.05, 0) is 101 Å². The molecule has 26 nitrogen and oxygen atoms in total. The molecule has 0 unspecified atom stereocenters. The third kappa shape index (κ3) is 17.0. The standard InChI is InChI=1S/C52H77N11O15S2/c1-27(2)22-35(57-43(68)31(53)23-29-24-54-32-11-6-5-10-30(29)32)44(69)58-36(25-64)45(70)60-42(28(3)65)51(76)63-20-9-14-40(63)46(71)55-33(15-16-41(66)67)49(74)61-18-7-13-39(61)48(73)59-37(26-79)50(75)62-19-8-12-38(62)47(72)56-34(52(77)78)17-21-80-4/h5-6,10-11,24,27-28,31,33-40,42,54,64-65,79H,7-9,12-23,25-26,53H2,1-4H3,(H,55,71)(H,56,72)(H,57,68)(H,58,69)(H,59,73)(H,60,70)(H,66,67)(H,77,78)/t28-,31+,33+,34+,35+,36+,37+,38+,39+,40+,42+/m1/s1. The number of aromatic nitrogens is 1. The average Bonchev–Trinajstić information content (AvgIpc) is 4.32. The lowest BCUT2D eigenvalue weighted by atomic mass is 10.0. The summed E-state index contributed by atoms with van der Waals surface area (Å²) in [6, 6.07) is -5.68. The molecule has 0 bridgehead atoms. The third-order valence-electron chi connectivity index (χ3n) is 14.5. The minimum Gasteiger partial charge on any atom is -0.481 e. The summed E-state index contributed by atoms with van der Waals surface area (Å²) in [4.78, 5) is 155. The summed E-state index contributed by atoms with van der Waals surface area (Å²) in [5, 5.41) is 56.5. The fourth-order valence-corrected chi connectivity index (χ4v) is 10.9. The number of likely N-dealkylation sites (tertiary alicyclic amines) is 3. The van der Waals surface area contributed by atoms with Crippen LogP contribution in [0.3, 0.4) is 0 Å². The lowest BCUT2D eigenvalue weighted by Crippen LogP contribution is -2.62. The van der Waals surface area contributed by atoms with E-state index >= 15 is 0 Å². The molecule has 13 N–H and O–H groups in total. The summed E-state index contributed by atoms with van der Waals surface area (Å²) in [5.74, 6) is -9.66. The van der Waals surface area contributed by atoms with Crippen molar-refractivity contribution in [3.05, 3.63) is 36.0 Å². The quantitative estimate of drug-likeness (QED) is 0.0391. The van der Waals surface area contributed by atoms with Crippen LogP contribution in [-0.2, 0) is 59.2 Å².